The van der Waals surface area contributed by atoms with E-state index in [1.807, 2.05) is 30.3 Å². The van der Waals surface area contributed by atoms with Crippen LogP contribution in [-0.2, 0) is 17.7 Å². The maximum Gasteiger partial charge on any atom is 0.341 e. The first kappa shape index (κ1) is 29.6. The molecule has 0 unspecified atom stereocenters. The summed E-state index contributed by atoms with van der Waals surface area (Å²) >= 11 is 6.30. The van der Waals surface area contributed by atoms with Crippen LogP contribution < -0.4 is 11.0 Å². The summed E-state index contributed by atoms with van der Waals surface area (Å²) in [5, 5.41) is 4.06. The lowest BCUT2D eigenvalue weighted by atomic mass is 10.1. The Kier molecular flexibility index (Phi) is 8.10. The summed E-state index contributed by atoms with van der Waals surface area (Å²) in [7, 11) is 0. The van der Waals surface area contributed by atoms with Crippen molar-refractivity contribution in [2.24, 2.45) is 4.99 Å². The van der Waals surface area contributed by atoms with Crippen LogP contribution in [0.5, 0.6) is 0 Å². The monoisotopic (exact) mass is 625 g/mol. The Morgan fingerprint density at radius 2 is 1.84 bits per heavy atom. The molecule has 0 aliphatic heterocycles. The molecule has 1 amide bonds. The van der Waals surface area contributed by atoms with Gasteiger partial charge < -0.3 is 13.8 Å². The van der Waals surface area contributed by atoms with Crippen molar-refractivity contribution in [1.29, 1.82) is 0 Å². The molecule has 0 saturated carbocycles. The number of halogens is 2. The standard InChI is InChI=1S/C33H25ClFN5O5/c1-3-44-33(43)22-18-21-29(36-25-14-7-8-16-39(25)32(21)42)40(17-15-20-10-5-4-6-11-20)30(22)37-31(41)26-19(2)45-38-28(26)27-23(34)12-9-13-24(27)35/h4-14,16,18H,3,15,17H2,1-2H3. The minimum Gasteiger partial charge on any atom is -0.462 e. The smallest absolute Gasteiger partial charge is 0.341 e. The van der Waals surface area contributed by atoms with Crippen molar-refractivity contribution >= 4 is 40.2 Å². The summed E-state index contributed by atoms with van der Waals surface area (Å²) in [6, 6.07) is 20.1. The number of hydrogen-bond donors (Lipinski definition) is 0. The highest BCUT2D eigenvalue weighted by Crippen LogP contribution is 2.33. The van der Waals surface area contributed by atoms with E-state index < -0.39 is 23.3 Å². The number of fused-ring (bicyclic) bond motifs is 2. The summed E-state index contributed by atoms with van der Waals surface area (Å²) < 4.78 is 28.5. The Hall–Kier alpha value is -5.42. The normalized spacial score (nSPS) is 11.8. The highest BCUT2D eigenvalue weighted by molar-refractivity contribution is 6.33. The lowest BCUT2D eigenvalue weighted by molar-refractivity contribution is 0.0523. The molecule has 4 heterocycles. The van der Waals surface area contributed by atoms with Crippen LogP contribution in [0.2, 0.25) is 5.02 Å². The van der Waals surface area contributed by atoms with E-state index in [1.165, 1.54) is 35.6 Å². The van der Waals surface area contributed by atoms with Crippen molar-refractivity contribution in [2.45, 2.75) is 26.8 Å². The second kappa shape index (κ2) is 12.3. The SMILES string of the molecule is CCOC(=O)c1cc2c(=O)n3ccccc3nc2n(CCc2ccccc2)c1=NC(=O)c1c(-c2c(F)cccc2Cl)noc1C. The molecule has 0 saturated heterocycles. The van der Waals surface area contributed by atoms with E-state index in [0.29, 0.717) is 12.1 Å². The zero-order valence-corrected chi connectivity index (χ0v) is 24.9. The fraction of sp³-hybridized carbons (Fsp3) is 0.152. The van der Waals surface area contributed by atoms with Crippen LogP contribution in [-0.4, -0.2) is 37.6 Å². The van der Waals surface area contributed by atoms with Gasteiger partial charge in [-0.25, -0.2) is 14.2 Å². The number of aryl methyl sites for hydroxylation is 3. The van der Waals surface area contributed by atoms with Gasteiger partial charge in [0, 0.05) is 12.7 Å². The zero-order valence-electron chi connectivity index (χ0n) is 24.2. The van der Waals surface area contributed by atoms with Crippen molar-refractivity contribution in [2.75, 3.05) is 6.61 Å². The molecule has 4 aromatic heterocycles. The zero-order chi connectivity index (χ0) is 31.7. The minimum atomic E-state index is -0.876. The fourth-order valence-electron chi connectivity index (χ4n) is 5.13. The summed E-state index contributed by atoms with van der Waals surface area (Å²) in [6.07, 6.45) is 2.02. The third-order valence-electron chi connectivity index (χ3n) is 7.24. The Balaban J connectivity index is 1.66. The molecule has 0 radical (unpaired) electrons. The van der Waals surface area contributed by atoms with Crippen molar-refractivity contribution in [1.82, 2.24) is 19.1 Å². The fourth-order valence-corrected chi connectivity index (χ4v) is 5.38. The molecule has 0 spiro atoms. The number of carbonyl (C=O) groups is 2. The van der Waals surface area contributed by atoms with Crippen LogP contribution >= 0.6 is 11.6 Å². The van der Waals surface area contributed by atoms with E-state index in [2.05, 4.69) is 10.1 Å². The number of pyridine rings is 2. The molecule has 226 valence electrons. The average molecular weight is 626 g/mol. The van der Waals surface area contributed by atoms with Crippen LogP contribution in [0, 0.1) is 12.7 Å². The number of amides is 1. The van der Waals surface area contributed by atoms with Crippen molar-refractivity contribution < 1.29 is 23.2 Å². The molecule has 0 aliphatic rings. The number of benzene rings is 2. The summed E-state index contributed by atoms with van der Waals surface area (Å²) in [6.45, 7) is 3.34. The Labute approximate surface area is 260 Å². The lowest BCUT2D eigenvalue weighted by Crippen LogP contribution is -2.33. The summed E-state index contributed by atoms with van der Waals surface area (Å²) in [4.78, 5) is 50.2. The molecular weight excluding hydrogens is 601 g/mol. The number of hydrogen-bond acceptors (Lipinski definition) is 7. The van der Waals surface area contributed by atoms with E-state index in [1.54, 1.807) is 35.9 Å². The van der Waals surface area contributed by atoms with Gasteiger partial charge in [-0.3, -0.25) is 14.0 Å². The van der Waals surface area contributed by atoms with E-state index in [4.69, 9.17) is 25.8 Å². The Morgan fingerprint density at radius 3 is 2.60 bits per heavy atom. The first-order valence-electron chi connectivity index (χ1n) is 14.0. The lowest BCUT2D eigenvalue weighted by Gasteiger charge is -2.15. The van der Waals surface area contributed by atoms with Gasteiger partial charge in [-0.2, -0.15) is 4.99 Å². The molecule has 6 rings (SSSR count). The number of nitrogens with zero attached hydrogens (tertiary/aromatic N) is 5. The molecule has 10 nitrogen and oxygen atoms in total. The minimum absolute atomic E-state index is 0.0183. The van der Waals surface area contributed by atoms with Crippen LogP contribution in [0.1, 0.15) is 39.0 Å². The van der Waals surface area contributed by atoms with Gasteiger partial charge in [0.15, 0.2) is 5.49 Å². The Morgan fingerprint density at radius 1 is 1.07 bits per heavy atom. The van der Waals surface area contributed by atoms with Gasteiger partial charge in [0.05, 0.1) is 22.6 Å². The van der Waals surface area contributed by atoms with Crippen molar-refractivity contribution in [3.8, 4) is 11.3 Å². The van der Waals surface area contributed by atoms with Gasteiger partial charge in [-0.15, -0.1) is 0 Å². The third kappa shape index (κ3) is 5.53. The Bertz CT molecular complexity index is 2220. The molecule has 0 N–H and O–H groups in total. The first-order chi connectivity index (χ1) is 21.8. The topological polar surface area (TPSA) is 121 Å². The predicted octanol–water partition coefficient (Wildman–Crippen LogP) is 5.57. The molecule has 0 fully saturated rings. The molecule has 6 aromatic rings. The molecule has 45 heavy (non-hydrogen) atoms. The molecule has 0 atom stereocenters. The van der Waals surface area contributed by atoms with Crippen LogP contribution in [0.4, 0.5) is 4.39 Å². The number of ether oxygens (including phenoxy) is 1. The van der Waals surface area contributed by atoms with Crippen LogP contribution in [0.25, 0.3) is 27.9 Å². The molecule has 0 aliphatic carbocycles. The molecule has 2 aromatic carbocycles. The third-order valence-corrected chi connectivity index (χ3v) is 7.55. The maximum absolute atomic E-state index is 14.9. The highest BCUT2D eigenvalue weighted by atomic mass is 35.5. The molecule has 12 heteroatoms. The van der Waals surface area contributed by atoms with Crippen molar-refractivity contribution in [3.05, 3.63) is 128 Å². The number of carbonyl (C=O) groups excluding carboxylic acids is 2. The first-order valence-corrected chi connectivity index (χ1v) is 14.4. The molecular formula is C33H25ClFN5O5. The maximum atomic E-state index is 14.9. The quantitative estimate of drug-likeness (QED) is 0.168. The predicted molar refractivity (Wildman–Crippen MR) is 165 cm³/mol. The van der Waals surface area contributed by atoms with Gasteiger partial charge in [0.25, 0.3) is 11.5 Å². The molecule has 0 bridgehead atoms. The number of esters is 1. The van der Waals surface area contributed by atoms with Gasteiger partial charge in [-0.05, 0) is 56.2 Å². The highest BCUT2D eigenvalue weighted by Gasteiger charge is 2.27. The van der Waals surface area contributed by atoms with E-state index in [-0.39, 0.29) is 62.8 Å². The summed E-state index contributed by atoms with van der Waals surface area (Å²) in [5.41, 5.74) is 0.480. The van der Waals surface area contributed by atoms with E-state index in [0.717, 1.165) is 5.56 Å². The van der Waals surface area contributed by atoms with Crippen LogP contribution in [0.3, 0.4) is 0 Å². The van der Waals surface area contributed by atoms with Gasteiger partial charge >= 0.3 is 5.97 Å². The number of aromatic nitrogens is 4. The van der Waals surface area contributed by atoms with Gasteiger partial charge in [-0.1, -0.05) is 59.2 Å². The van der Waals surface area contributed by atoms with Gasteiger partial charge in [0.1, 0.15) is 39.7 Å². The largest absolute Gasteiger partial charge is 0.462 e. The second-order valence-electron chi connectivity index (χ2n) is 10.0. The average Bonchev–Trinajstić information content (AvgIpc) is 3.41. The second-order valence-corrected chi connectivity index (χ2v) is 10.5. The number of rotatable bonds is 7. The van der Waals surface area contributed by atoms with Crippen LogP contribution in [0.15, 0.2) is 93.3 Å². The van der Waals surface area contributed by atoms with Crippen molar-refractivity contribution in [3.63, 3.8) is 0 Å². The van der Waals surface area contributed by atoms with Gasteiger partial charge in [0.2, 0.25) is 0 Å². The van der Waals surface area contributed by atoms with E-state index in [9.17, 15) is 18.8 Å². The van der Waals surface area contributed by atoms with E-state index >= 15 is 0 Å². The summed E-state index contributed by atoms with van der Waals surface area (Å²) in [5.74, 6) is -2.32.